The molecule has 0 aliphatic rings. The van der Waals surface area contributed by atoms with Crippen molar-refractivity contribution >= 4 is 42.7 Å². The molecule has 0 atom stereocenters. The predicted molar refractivity (Wildman–Crippen MR) is 66.8 cm³/mol. The fourth-order valence-electron chi connectivity index (χ4n) is 2.12. The molecule has 0 aliphatic heterocycles. The highest BCUT2D eigenvalue weighted by atomic mass is 32.1. The van der Waals surface area contributed by atoms with E-state index in [4.69, 9.17) is 0 Å². The molecule has 1 aromatic carbocycles. The maximum Gasteiger partial charge on any atom is 0.116 e. The van der Waals surface area contributed by atoms with Crippen molar-refractivity contribution in [3.8, 4) is 0 Å². The lowest BCUT2D eigenvalue weighted by atomic mass is 10.2. The molecule has 0 aliphatic carbocycles. The van der Waals surface area contributed by atoms with Crippen LogP contribution in [0, 0.1) is 0 Å². The Balaban J connectivity index is 2.38. The monoisotopic (exact) mass is 225 g/mol. The molecule has 0 radical (unpaired) electrons. The largest absolute Gasteiger partial charge is 0.346 e. The van der Waals surface area contributed by atoms with E-state index in [0.29, 0.717) is 0 Å². The Bertz CT molecular complexity index is 747. The standard InChI is InChI=1S/C12H7N3S/c1-2-4-8-7(3-1)10-11-9(5-13-6-14-11)16-12(10)15-8/h1-6,15H. The summed E-state index contributed by atoms with van der Waals surface area (Å²) in [6.45, 7) is 0. The summed E-state index contributed by atoms with van der Waals surface area (Å²) in [6, 6.07) is 8.32. The van der Waals surface area contributed by atoms with E-state index in [9.17, 15) is 0 Å². The molecule has 0 spiro atoms. The first-order chi connectivity index (χ1) is 7.93. The van der Waals surface area contributed by atoms with Gasteiger partial charge in [0.05, 0.1) is 10.2 Å². The number of thiophene rings is 1. The lowest BCUT2D eigenvalue weighted by Gasteiger charge is -1.89. The number of benzene rings is 1. The second-order valence-electron chi connectivity index (χ2n) is 3.71. The van der Waals surface area contributed by atoms with Gasteiger partial charge in [0.2, 0.25) is 0 Å². The smallest absolute Gasteiger partial charge is 0.116 e. The van der Waals surface area contributed by atoms with Gasteiger partial charge < -0.3 is 4.98 Å². The van der Waals surface area contributed by atoms with Crippen molar-refractivity contribution < 1.29 is 0 Å². The number of rotatable bonds is 0. The summed E-state index contributed by atoms with van der Waals surface area (Å²) >= 11 is 1.71. The van der Waals surface area contributed by atoms with Crippen molar-refractivity contribution in [3.05, 3.63) is 36.8 Å². The fraction of sp³-hybridized carbons (Fsp3) is 0. The Labute approximate surface area is 94.8 Å². The molecule has 3 heterocycles. The minimum Gasteiger partial charge on any atom is -0.346 e. The Morgan fingerprint density at radius 1 is 1.19 bits per heavy atom. The van der Waals surface area contributed by atoms with Crippen LogP contribution >= 0.6 is 11.3 Å². The Morgan fingerprint density at radius 2 is 2.12 bits per heavy atom. The third-order valence-corrected chi connectivity index (χ3v) is 3.83. The molecule has 0 saturated heterocycles. The molecule has 0 unspecified atom stereocenters. The number of fused-ring (bicyclic) bond motifs is 5. The molecule has 0 saturated carbocycles. The van der Waals surface area contributed by atoms with Crippen molar-refractivity contribution in [2.75, 3.05) is 0 Å². The third kappa shape index (κ3) is 0.919. The zero-order valence-electron chi connectivity index (χ0n) is 8.27. The number of hydrogen-bond acceptors (Lipinski definition) is 3. The van der Waals surface area contributed by atoms with E-state index < -0.39 is 0 Å². The van der Waals surface area contributed by atoms with Gasteiger partial charge >= 0.3 is 0 Å². The fourth-order valence-corrected chi connectivity index (χ4v) is 3.17. The SMILES string of the molecule is c1ccc2c(c1)[nH]c1sc3cncnc3c12. The molecule has 1 N–H and O–H groups in total. The highest BCUT2D eigenvalue weighted by Crippen LogP contribution is 2.36. The first kappa shape index (κ1) is 8.24. The van der Waals surface area contributed by atoms with Crippen LogP contribution in [-0.2, 0) is 0 Å². The summed E-state index contributed by atoms with van der Waals surface area (Å²) in [7, 11) is 0. The van der Waals surface area contributed by atoms with Gasteiger partial charge in [-0.05, 0) is 6.07 Å². The van der Waals surface area contributed by atoms with Gasteiger partial charge in [-0.1, -0.05) is 18.2 Å². The van der Waals surface area contributed by atoms with Crippen LogP contribution in [0.25, 0.3) is 31.3 Å². The minimum absolute atomic E-state index is 1.05. The maximum absolute atomic E-state index is 4.37. The van der Waals surface area contributed by atoms with E-state index in [1.807, 2.05) is 12.3 Å². The van der Waals surface area contributed by atoms with Gasteiger partial charge in [-0.2, -0.15) is 0 Å². The van der Waals surface area contributed by atoms with Crippen LogP contribution < -0.4 is 0 Å². The number of nitrogens with one attached hydrogen (secondary N) is 1. The van der Waals surface area contributed by atoms with Crippen molar-refractivity contribution in [1.29, 1.82) is 0 Å². The summed E-state index contributed by atoms with van der Waals surface area (Å²) < 4.78 is 1.13. The number of aromatic amines is 1. The normalized spacial score (nSPS) is 11.8. The lowest BCUT2D eigenvalue weighted by molar-refractivity contribution is 1.23. The first-order valence-corrected chi connectivity index (χ1v) is 5.84. The molecular formula is C12H7N3S. The van der Waals surface area contributed by atoms with Gasteiger partial charge in [0, 0.05) is 22.5 Å². The molecular weight excluding hydrogens is 218 g/mol. The van der Waals surface area contributed by atoms with E-state index in [1.165, 1.54) is 21.1 Å². The predicted octanol–water partition coefficient (Wildman–Crippen LogP) is 3.33. The van der Waals surface area contributed by atoms with E-state index in [1.54, 1.807) is 17.7 Å². The Morgan fingerprint density at radius 3 is 3.12 bits per heavy atom. The van der Waals surface area contributed by atoms with Crippen LogP contribution in [0.4, 0.5) is 0 Å². The number of hydrogen-bond donors (Lipinski definition) is 1. The summed E-state index contributed by atoms with van der Waals surface area (Å²) in [5.41, 5.74) is 2.22. The Kier molecular flexibility index (Phi) is 1.44. The highest BCUT2D eigenvalue weighted by Gasteiger charge is 2.11. The van der Waals surface area contributed by atoms with Gasteiger partial charge in [0.15, 0.2) is 0 Å². The highest BCUT2D eigenvalue weighted by molar-refractivity contribution is 7.25. The van der Waals surface area contributed by atoms with E-state index in [-0.39, 0.29) is 0 Å². The first-order valence-electron chi connectivity index (χ1n) is 5.02. The van der Waals surface area contributed by atoms with Crippen molar-refractivity contribution in [2.24, 2.45) is 0 Å². The zero-order chi connectivity index (χ0) is 10.5. The second-order valence-corrected chi connectivity index (χ2v) is 4.76. The van der Waals surface area contributed by atoms with E-state index in [0.717, 1.165) is 10.2 Å². The van der Waals surface area contributed by atoms with Crippen molar-refractivity contribution in [2.45, 2.75) is 0 Å². The van der Waals surface area contributed by atoms with Gasteiger partial charge in [-0.25, -0.2) is 9.97 Å². The van der Waals surface area contributed by atoms with E-state index in [2.05, 4.69) is 33.2 Å². The van der Waals surface area contributed by atoms with E-state index >= 15 is 0 Å². The molecule has 4 rings (SSSR count). The maximum atomic E-state index is 4.37. The zero-order valence-corrected chi connectivity index (χ0v) is 9.08. The van der Waals surface area contributed by atoms with Crippen molar-refractivity contribution in [3.63, 3.8) is 0 Å². The quantitative estimate of drug-likeness (QED) is 0.498. The van der Waals surface area contributed by atoms with Crippen LogP contribution in [0.15, 0.2) is 36.8 Å². The van der Waals surface area contributed by atoms with Crippen LogP contribution in [0.2, 0.25) is 0 Å². The van der Waals surface area contributed by atoms with Gasteiger partial charge in [-0.15, -0.1) is 11.3 Å². The molecule has 16 heavy (non-hydrogen) atoms. The summed E-state index contributed by atoms with van der Waals surface area (Å²) in [5, 5.41) is 2.46. The Hall–Kier alpha value is -1.94. The number of nitrogens with zero attached hydrogens (tertiary/aromatic N) is 2. The summed E-state index contributed by atoms with van der Waals surface area (Å²) in [6.07, 6.45) is 3.48. The summed E-state index contributed by atoms with van der Waals surface area (Å²) in [5.74, 6) is 0. The second kappa shape index (κ2) is 2.80. The number of aromatic nitrogens is 3. The van der Waals surface area contributed by atoms with Crippen LogP contribution in [-0.4, -0.2) is 15.0 Å². The van der Waals surface area contributed by atoms with Crippen LogP contribution in [0.3, 0.4) is 0 Å². The minimum atomic E-state index is 1.05. The van der Waals surface area contributed by atoms with Gasteiger partial charge in [-0.3, -0.25) is 0 Å². The molecule has 0 bridgehead atoms. The molecule has 0 amide bonds. The number of H-pyrrole nitrogens is 1. The topological polar surface area (TPSA) is 41.6 Å². The molecule has 0 fully saturated rings. The summed E-state index contributed by atoms with van der Waals surface area (Å²) in [4.78, 5) is 13.0. The van der Waals surface area contributed by atoms with Crippen molar-refractivity contribution in [1.82, 2.24) is 15.0 Å². The van der Waals surface area contributed by atoms with Crippen LogP contribution in [0.1, 0.15) is 0 Å². The number of para-hydroxylation sites is 1. The molecule has 3 nitrogen and oxygen atoms in total. The third-order valence-electron chi connectivity index (χ3n) is 2.80. The average Bonchev–Trinajstić information content (AvgIpc) is 2.83. The average molecular weight is 225 g/mol. The van der Waals surface area contributed by atoms with Gasteiger partial charge in [0.25, 0.3) is 0 Å². The lowest BCUT2D eigenvalue weighted by Crippen LogP contribution is -1.74. The molecule has 3 aromatic heterocycles. The van der Waals surface area contributed by atoms with Crippen LogP contribution in [0.5, 0.6) is 0 Å². The molecule has 76 valence electrons. The molecule has 4 heteroatoms. The molecule has 4 aromatic rings. The van der Waals surface area contributed by atoms with Gasteiger partial charge in [0.1, 0.15) is 11.2 Å².